The molecule has 0 saturated heterocycles. The normalized spacial score (nSPS) is 13.7. The van der Waals surface area contributed by atoms with Gasteiger partial charge in [-0.15, -0.1) is 0 Å². The second-order valence-corrected chi connectivity index (χ2v) is 19.3. The van der Waals surface area contributed by atoms with Gasteiger partial charge in [0.1, 0.15) is 6.10 Å². The Kier molecular flexibility index (Phi) is 52.1. The van der Waals surface area contributed by atoms with Crippen molar-refractivity contribution in [3.05, 3.63) is 72.9 Å². The quantitative estimate of drug-likeness (QED) is 0.0321. The summed E-state index contributed by atoms with van der Waals surface area (Å²) in [5, 5.41) is 23.9. The van der Waals surface area contributed by atoms with Crippen LogP contribution in [0.15, 0.2) is 72.9 Å². The van der Waals surface area contributed by atoms with E-state index in [2.05, 4.69) is 99.0 Å². The van der Waals surface area contributed by atoms with E-state index in [1.54, 1.807) is 0 Å². The maximum atomic E-state index is 13.3. The molecule has 0 spiro atoms. The fourth-order valence-corrected chi connectivity index (χ4v) is 8.46. The minimum atomic E-state index is -0.806. The molecule has 0 aromatic carbocycles. The summed E-state index contributed by atoms with van der Waals surface area (Å²) in [5.41, 5.74) is 0. The van der Waals surface area contributed by atoms with Gasteiger partial charge in [-0.2, -0.15) is 0 Å². The molecule has 3 atom stereocenters. The lowest BCUT2D eigenvalue weighted by atomic mass is 10.0. The second-order valence-electron chi connectivity index (χ2n) is 19.3. The van der Waals surface area contributed by atoms with Crippen LogP contribution in [-0.2, 0) is 14.3 Å². The third kappa shape index (κ3) is 49.5. The van der Waals surface area contributed by atoms with Crippen LogP contribution in [0, 0.1) is 0 Å². The second kappa shape index (κ2) is 54.2. The fourth-order valence-electron chi connectivity index (χ4n) is 8.46. The largest absolute Gasteiger partial charge is 0.462 e. The van der Waals surface area contributed by atoms with Crippen LogP contribution in [0.3, 0.4) is 0 Å². The van der Waals surface area contributed by atoms with Crippen LogP contribution >= 0.6 is 0 Å². The third-order valence-electron chi connectivity index (χ3n) is 12.8. The summed E-state index contributed by atoms with van der Waals surface area (Å²) in [6.45, 7) is 6.35. The topological polar surface area (TPSA) is 95.9 Å². The monoisotopic (exact) mass is 936 g/mol. The van der Waals surface area contributed by atoms with Crippen LogP contribution in [0.4, 0.5) is 0 Å². The van der Waals surface area contributed by atoms with Crippen LogP contribution in [0.5, 0.6) is 0 Å². The van der Waals surface area contributed by atoms with Crippen LogP contribution in [0.25, 0.3) is 0 Å². The van der Waals surface area contributed by atoms with Gasteiger partial charge in [0, 0.05) is 6.42 Å². The van der Waals surface area contributed by atoms with E-state index >= 15 is 0 Å². The summed E-state index contributed by atoms with van der Waals surface area (Å²) in [5.74, 6) is -0.529. The first-order valence-corrected chi connectivity index (χ1v) is 28.7. The lowest BCUT2D eigenvalue weighted by molar-refractivity contribution is -0.151. The molecule has 388 valence electrons. The molecule has 0 aromatic heterocycles. The van der Waals surface area contributed by atoms with Crippen molar-refractivity contribution in [1.29, 1.82) is 0 Å². The molecule has 0 bridgehead atoms. The van der Waals surface area contributed by atoms with E-state index < -0.39 is 18.2 Å². The summed E-state index contributed by atoms with van der Waals surface area (Å²) in [6, 6.07) is -0.723. The van der Waals surface area contributed by atoms with E-state index in [-0.39, 0.29) is 24.9 Å². The first-order valence-electron chi connectivity index (χ1n) is 28.7. The smallest absolute Gasteiger partial charge is 0.306 e. The Balaban J connectivity index is 4.59. The van der Waals surface area contributed by atoms with E-state index in [9.17, 15) is 19.8 Å². The van der Waals surface area contributed by atoms with Crippen molar-refractivity contribution in [2.24, 2.45) is 0 Å². The highest BCUT2D eigenvalue weighted by Crippen LogP contribution is 2.18. The highest BCUT2D eigenvalue weighted by molar-refractivity contribution is 5.77. The van der Waals surface area contributed by atoms with Gasteiger partial charge in [-0.25, -0.2) is 0 Å². The minimum absolute atomic E-state index is 0.0367. The maximum absolute atomic E-state index is 13.3. The number of ether oxygens (including phenoxy) is 1. The predicted molar refractivity (Wildman–Crippen MR) is 291 cm³/mol. The molecule has 0 rings (SSSR count). The Labute approximate surface area is 415 Å². The number of esters is 1. The van der Waals surface area contributed by atoms with Crippen molar-refractivity contribution in [1.82, 2.24) is 5.32 Å². The van der Waals surface area contributed by atoms with Crippen molar-refractivity contribution >= 4 is 11.9 Å². The molecule has 67 heavy (non-hydrogen) atoms. The van der Waals surface area contributed by atoms with E-state index in [1.807, 2.05) is 0 Å². The SMILES string of the molecule is CC/C=C/C/C=C/C/C=C/C/C=C/CCCC(CC(=O)NC(CO)C(O)CCCCCCCCCCCCCCCCC)OC(=O)CCCCCCCCCCC/C=C\C/C=C\CCCCC. The van der Waals surface area contributed by atoms with Crippen molar-refractivity contribution in [3.8, 4) is 0 Å². The van der Waals surface area contributed by atoms with E-state index in [4.69, 9.17) is 4.74 Å². The van der Waals surface area contributed by atoms with Crippen LogP contribution in [-0.4, -0.2) is 46.9 Å². The molecule has 0 saturated carbocycles. The third-order valence-corrected chi connectivity index (χ3v) is 12.8. The van der Waals surface area contributed by atoms with Gasteiger partial charge >= 0.3 is 5.97 Å². The lowest BCUT2D eigenvalue weighted by Crippen LogP contribution is -2.46. The van der Waals surface area contributed by atoms with Crippen molar-refractivity contribution in [2.75, 3.05) is 6.61 Å². The average Bonchev–Trinajstić information content (AvgIpc) is 3.32. The number of carbonyl (C=O) groups excluding carboxylic acids is 2. The number of unbranched alkanes of at least 4 members (excludes halogenated alkanes) is 27. The molecule has 0 aliphatic heterocycles. The first-order chi connectivity index (χ1) is 33.0. The highest BCUT2D eigenvalue weighted by Gasteiger charge is 2.24. The highest BCUT2D eigenvalue weighted by atomic mass is 16.5. The van der Waals surface area contributed by atoms with E-state index in [1.165, 1.54) is 148 Å². The number of hydrogen-bond acceptors (Lipinski definition) is 5. The summed E-state index contributed by atoms with van der Waals surface area (Å²) in [4.78, 5) is 26.3. The molecule has 0 heterocycles. The molecule has 0 fully saturated rings. The van der Waals surface area contributed by atoms with E-state index in [0.717, 1.165) is 83.5 Å². The number of allylic oxidation sites excluding steroid dienone is 12. The van der Waals surface area contributed by atoms with Gasteiger partial charge in [0.2, 0.25) is 5.91 Å². The number of hydrogen-bond donors (Lipinski definition) is 3. The summed E-state index contributed by atoms with van der Waals surface area (Å²) < 4.78 is 5.93. The molecule has 3 unspecified atom stereocenters. The average molecular weight is 937 g/mol. The van der Waals surface area contributed by atoms with Gasteiger partial charge in [0.15, 0.2) is 0 Å². The lowest BCUT2D eigenvalue weighted by Gasteiger charge is -2.24. The van der Waals surface area contributed by atoms with Crippen molar-refractivity contribution < 1.29 is 24.5 Å². The van der Waals surface area contributed by atoms with Crippen molar-refractivity contribution in [3.63, 3.8) is 0 Å². The molecular formula is C61H109NO5. The summed E-state index contributed by atoms with van der Waals surface area (Å²) in [6.07, 6.45) is 69.7. The molecule has 1 amide bonds. The fraction of sp³-hybridized carbons (Fsp3) is 0.770. The maximum Gasteiger partial charge on any atom is 0.306 e. The standard InChI is InChI=1S/C61H109NO5/c1-4-7-10-13-16-19-22-25-28-29-30-31-33-36-39-42-45-48-51-54-61(66)67-57(52-49-46-43-40-37-34-27-24-21-18-15-12-9-6-3)55-60(65)62-58(56-63)59(64)53-50-47-44-41-38-35-32-26-23-20-17-14-11-8-5-2/h9,12,16,18-19,21,25,27-28,34,40,43,57-59,63-64H,4-8,10-11,13-15,17,20,22-24,26,29-33,35-39,41-42,44-56H2,1-3H3,(H,62,65)/b12-9+,19-16-,21-18+,28-25-,34-27+,43-40+. The number of carbonyl (C=O) groups is 2. The number of aliphatic hydroxyl groups is 2. The molecule has 6 heteroatoms. The van der Waals surface area contributed by atoms with Gasteiger partial charge in [-0.05, 0) is 89.9 Å². The Morgan fingerprint density at radius 1 is 0.448 bits per heavy atom. The molecule has 3 N–H and O–H groups in total. The van der Waals surface area contributed by atoms with E-state index in [0.29, 0.717) is 19.3 Å². The zero-order valence-electron chi connectivity index (χ0n) is 44.3. The Hall–Kier alpha value is -2.70. The predicted octanol–water partition coefficient (Wildman–Crippen LogP) is 17.7. The van der Waals surface area contributed by atoms with Gasteiger partial charge in [-0.3, -0.25) is 9.59 Å². The Morgan fingerprint density at radius 2 is 0.821 bits per heavy atom. The van der Waals surface area contributed by atoms with Gasteiger partial charge < -0.3 is 20.3 Å². The molecule has 0 aliphatic carbocycles. The van der Waals surface area contributed by atoms with Crippen LogP contribution in [0.1, 0.15) is 278 Å². The molecule has 0 aliphatic rings. The number of nitrogens with one attached hydrogen (secondary N) is 1. The van der Waals surface area contributed by atoms with Gasteiger partial charge in [0.05, 0.1) is 25.2 Å². The van der Waals surface area contributed by atoms with Gasteiger partial charge in [-0.1, -0.05) is 248 Å². The van der Waals surface area contributed by atoms with Crippen molar-refractivity contribution in [2.45, 2.75) is 296 Å². The number of rotatable bonds is 51. The molecular weight excluding hydrogens is 827 g/mol. The van der Waals surface area contributed by atoms with Crippen LogP contribution in [0.2, 0.25) is 0 Å². The number of amides is 1. The summed E-state index contributed by atoms with van der Waals surface area (Å²) in [7, 11) is 0. The zero-order chi connectivity index (χ0) is 48.8. The molecule has 0 radical (unpaired) electrons. The minimum Gasteiger partial charge on any atom is -0.462 e. The zero-order valence-corrected chi connectivity index (χ0v) is 44.3. The number of aliphatic hydroxyl groups excluding tert-OH is 2. The Bertz CT molecular complexity index is 1230. The van der Waals surface area contributed by atoms with Gasteiger partial charge in [0.25, 0.3) is 0 Å². The molecule has 0 aromatic rings. The Morgan fingerprint density at radius 3 is 1.28 bits per heavy atom. The molecule has 6 nitrogen and oxygen atoms in total. The van der Waals surface area contributed by atoms with Crippen LogP contribution < -0.4 is 5.32 Å². The summed E-state index contributed by atoms with van der Waals surface area (Å²) >= 11 is 0. The first kappa shape index (κ1) is 64.3.